The monoisotopic (exact) mass is 229 g/mol. The molecule has 0 saturated heterocycles. The molecule has 2 N–H and O–H groups in total. The van der Waals surface area contributed by atoms with Gasteiger partial charge in [-0.1, -0.05) is 5.21 Å². The highest BCUT2D eigenvalue weighted by molar-refractivity contribution is 5.76. The van der Waals surface area contributed by atoms with Gasteiger partial charge in [0.1, 0.15) is 5.52 Å². The molecule has 0 aliphatic heterocycles. The van der Waals surface area contributed by atoms with Crippen LogP contribution >= 0.6 is 0 Å². The van der Waals surface area contributed by atoms with Crippen LogP contribution in [-0.4, -0.2) is 29.5 Å². The van der Waals surface area contributed by atoms with Crippen molar-refractivity contribution in [3.05, 3.63) is 30.9 Å². The summed E-state index contributed by atoms with van der Waals surface area (Å²) in [6.45, 7) is 1.41. The second-order valence-corrected chi connectivity index (χ2v) is 3.65. The Labute approximate surface area is 96.9 Å². The second-order valence-electron chi connectivity index (χ2n) is 3.65. The first-order valence-electron chi connectivity index (χ1n) is 5.24. The van der Waals surface area contributed by atoms with Gasteiger partial charge in [0.15, 0.2) is 0 Å². The number of nitrogens with two attached hydrogens (primary N) is 1. The molecule has 7 nitrogen and oxygen atoms in total. The number of anilines is 1. The Morgan fingerprint density at radius 1 is 1.24 bits per heavy atom. The Balaban J connectivity index is 1.92. The number of imidazole rings is 1. The molecule has 3 rings (SSSR count). The summed E-state index contributed by atoms with van der Waals surface area (Å²) in [6.07, 6.45) is 6.91. The first-order chi connectivity index (χ1) is 8.34. The van der Waals surface area contributed by atoms with Crippen LogP contribution in [0.3, 0.4) is 0 Å². The molecule has 0 aromatic carbocycles. The molecule has 0 saturated carbocycles. The fraction of sp³-hybridized carbons (Fsp3) is 0.200. The van der Waals surface area contributed by atoms with Crippen molar-refractivity contribution in [1.29, 1.82) is 0 Å². The lowest BCUT2D eigenvalue weighted by atomic mass is 10.4. The molecule has 7 heteroatoms. The Morgan fingerprint density at radius 3 is 3.00 bits per heavy atom. The first kappa shape index (κ1) is 9.76. The van der Waals surface area contributed by atoms with Gasteiger partial charge in [0, 0.05) is 18.9 Å². The smallest absolute Gasteiger partial charge is 0.201 e. The quantitative estimate of drug-likeness (QED) is 0.698. The lowest BCUT2D eigenvalue weighted by molar-refractivity contribution is 0.529. The number of rotatable bonds is 3. The number of hydrogen-bond acceptors (Lipinski definition) is 5. The minimum absolute atomic E-state index is 0.494. The molecule has 0 spiro atoms. The maximum atomic E-state index is 5.87. The Morgan fingerprint density at radius 2 is 2.18 bits per heavy atom. The van der Waals surface area contributed by atoms with E-state index in [1.807, 2.05) is 16.8 Å². The van der Waals surface area contributed by atoms with Gasteiger partial charge in [0.05, 0.1) is 24.5 Å². The maximum absolute atomic E-state index is 5.87. The lowest BCUT2D eigenvalue weighted by Gasteiger charge is -2.05. The predicted octanol–water partition coefficient (Wildman–Crippen LogP) is 0.305. The molecule has 3 aromatic rings. The topological polar surface area (TPSA) is 87.4 Å². The Hall–Kier alpha value is -2.44. The van der Waals surface area contributed by atoms with Gasteiger partial charge < -0.3 is 10.3 Å². The van der Waals surface area contributed by atoms with E-state index >= 15 is 0 Å². The third kappa shape index (κ3) is 1.71. The second kappa shape index (κ2) is 3.85. The SMILES string of the molecule is Nc1nc2cnccc2n1CCn1ccnn1. The van der Waals surface area contributed by atoms with E-state index in [1.165, 1.54) is 0 Å². The van der Waals surface area contributed by atoms with Crippen molar-refractivity contribution in [2.75, 3.05) is 5.73 Å². The molecule has 3 heterocycles. The zero-order valence-corrected chi connectivity index (χ0v) is 9.06. The number of hydrogen-bond donors (Lipinski definition) is 1. The molecule has 0 atom stereocenters. The van der Waals surface area contributed by atoms with Crippen LogP contribution in [0.2, 0.25) is 0 Å². The summed E-state index contributed by atoms with van der Waals surface area (Å²) >= 11 is 0. The van der Waals surface area contributed by atoms with E-state index in [1.54, 1.807) is 23.3 Å². The highest BCUT2D eigenvalue weighted by Gasteiger charge is 2.07. The van der Waals surface area contributed by atoms with Crippen molar-refractivity contribution in [3.8, 4) is 0 Å². The number of nitrogens with zero attached hydrogens (tertiary/aromatic N) is 6. The lowest BCUT2D eigenvalue weighted by Crippen LogP contribution is -2.10. The zero-order valence-electron chi connectivity index (χ0n) is 9.06. The summed E-state index contributed by atoms with van der Waals surface area (Å²) in [5.41, 5.74) is 7.66. The standard InChI is InChI=1S/C10H11N7/c11-10-14-8-7-12-2-1-9(8)17(10)6-5-16-4-3-13-15-16/h1-4,7H,5-6H2,(H2,11,14). The van der Waals surface area contributed by atoms with Gasteiger partial charge in [0.25, 0.3) is 0 Å². The van der Waals surface area contributed by atoms with Gasteiger partial charge in [-0.25, -0.2) is 4.98 Å². The number of aryl methyl sites for hydroxylation is 2. The fourth-order valence-electron chi connectivity index (χ4n) is 1.79. The summed E-state index contributed by atoms with van der Waals surface area (Å²) in [5.74, 6) is 0.494. The van der Waals surface area contributed by atoms with Crippen molar-refractivity contribution in [1.82, 2.24) is 29.5 Å². The van der Waals surface area contributed by atoms with E-state index in [0.717, 1.165) is 11.0 Å². The summed E-state index contributed by atoms with van der Waals surface area (Å²) in [6, 6.07) is 1.90. The van der Waals surface area contributed by atoms with E-state index in [4.69, 9.17) is 5.73 Å². The molecule has 86 valence electrons. The van der Waals surface area contributed by atoms with Crippen LogP contribution in [0.1, 0.15) is 0 Å². The van der Waals surface area contributed by atoms with Gasteiger partial charge in [0.2, 0.25) is 5.95 Å². The molecular weight excluding hydrogens is 218 g/mol. The third-order valence-corrected chi connectivity index (χ3v) is 2.60. The minimum Gasteiger partial charge on any atom is -0.369 e. The molecular formula is C10H11N7. The molecule has 0 unspecified atom stereocenters. The van der Waals surface area contributed by atoms with E-state index in [2.05, 4.69) is 20.3 Å². The van der Waals surface area contributed by atoms with Gasteiger partial charge in [-0.3, -0.25) is 9.67 Å². The number of nitrogen functional groups attached to an aromatic ring is 1. The molecule has 17 heavy (non-hydrogen) atoms. The molecule has 0 aliphatic carbocycles. The molecule has 3 aromatic heterocycles. The van der Waals surface area contributed by atoms with Crippen molar-refractivity contribution in [3.63, 3.8) is 0 Å². The summed E-state index contributed by atoms with van der Waals surface area (Å²) < 4.78 is 3.70. The number of pyridine rings is 1. The van der Waals surface area contributed by atoms with E-state index in [9.17, 15) is 0 Å². The third-order valence-electron chi connectivity index (χ3n) is 2.60. The van der Waals surface area contributed by atoms with Gasteiger partial charge >= 0.3 is 0 Å². The number of fused-ring (bicyclic) bond motifs is 1. The van der Waals surface area contributed by atoms with Crippen molar-refractivity contribution in [2.24, 2.45) is 0 Å². The van der Waals surface area contributed by atoms with E-state index in [0.29, 0.717) is 19.0 Å². The zero-order chi connectivity index (χ0) is 11.7. The summed E-state index contributed by atoms with van der Waals surface area (Å²) in [4.78, 5) is 8.26. The van der Waals surface area contributed by atoms with Crippen LogP contribution in [0.15, 0.2) is 30.9 Å². The molecule has 0 amide bonds. The first-order valence-corrected chi connectivity index (χ1v) is 5.24. The Kier molecular flexibility index (Phi) is 2.21. The van der Waals surface area contributed by atoms with E-state index < -0.39 is 0 Å². The Bertz CT molecular complexity index is 625. The molecule has 0 fully saturated rings. The van der Waals surface area contributed by atoms with Crippen LogP contribution < -0.4 is 5.73 Å². The molecule has 0 radical (unpaired) electrons. The van der Waals surface area contributed by atoms with E-state index in [-0.39, 0.29) is 0 Å². The fourth-order valence-corrected chi connectivity index (χ4v) is 1.79. The summed E-state index contributed by atoms with van der Waals surface area (Å²) in [7, 11) is 0. The highest BCUT2D eigenvalue weighted by atomic mass is 15.4. The average molecular weight is 229 g/mol. The van der Waals surface area contributed by atoms with Crippen molar-refractivity contribution >= 4 is 17.0 Å². The largest absolute Gasteiger partial charge is 0.369 e. The normalized spacial score (nSPS) is 11.1. The van der Waals surface area contributed by atoms with Crippen LogP contribution in [-0.2, 0) is 13.1 Å². The predicted molar refractivity (Wildman–Crippen MR) is 62.0 cm³/mol. The summed E-state index contributed by atoms with van der Waals surface area (Å²) in [5, 5.41) is 7.66. The number of aromatic nitrogens is 6. The van der Waals surface area contributed by atoms with Gasteiger partial charge in [-0.2, -0.15) is 0 Å². The highest BCUT2D eigenvalue weighted by Crippen LogP contribution is 2.15. The molecule has 0 aliphatic rings. The van der Waals surface area contributed by atoms with Crippen LogP contribution in [0.5, 0.6) is 0 Å². The molecule has 0 bridgehead atoms. The van der Waals surface area contributed by atoms with Crippen molar-refractivity contribution in [2.45, 2.75) is 13.1 Å². The van der Waals surface area contributed by atoms with Crippen molar-refractivity contribution < 1.29 is 0 Å². The van der Waals surface area contributed by atoms with Crippen LogP contribution in [0.4, 0.5) is 5.95 Å². The maximum Gasteiger partial charge on any atom is 0.201 e. The van der Waals surface area contributed by atoms with Gasteiger partial charge in [-0.05, 0) is 6.07 Å². The van der Waals surface area contributed by atoms with Gasteiger partial charge in [-0.15, -0.1) is 5.10 Å². The van der Waals surface area contributed by atoms with Crippen LogP contribution in [0.25, 0.3) is 11.0 Å². The van der Waals surface area contributed by atoms with Crippen LogP contribution in [0, 0.1) is 0 Å². The average Bonchev–Trinajstić information content (AvgIpc) is 2.93. The minimum atomic E-state index is 0.494.